The number of methoxy groups -OCH3 is 1. The number of carbonyl (C=O) groups excluding carboxylic acids is 1. The zero-order chi connectivity index (χ0) is 22.0. The zero-order valence-electron chi connectivity index (χ0n) is 18.6. The maximum atomic E-state index is 13.3. The summed E-state index contributed by atoms with van der Waals surface area (Å²) in [6.45, 7) is 6.95. The first-order chi connectivity index (χ1) is 14.9. The second-order valence-corrected chi connectivity index (χ2v) is 9.08. The summed E-state index contributed by atoms with van der Waals surface area (Å²) in [4.78, 5) is 19.6. The topological polar surface area (TPSA) is 84.2 Å². The number of H-pyrrole nitrogens is 1. The normalized spacial score (nSPS) is 17.0. The highest BCUT2D eigenvalue weighted by Gasteiger charge is 2.33. The molecule has 1 saturated heterocycles. The lowest BCUT2D eigenvalue weighted by atomic mass is 9.92. The molecule has 1 aliphatic rings. The molecular formula is C24H30N4O3. The van der Waals surface area contributed by atoms with Crippen LogP contribution in [0, 0.1) is 0 Å². The Morgan fingerprint density at radius 1 is 1.29 bits per heavy atom. The molecule has 0 aliphatic carbocycles. The molecule has 0 bridgehead atoms. The predicted molar refractivity (Wildman–Crippen MR) is 117 cm³/mol. The number of likely N-dealkylation sites (tertiary alicyclic amines) is 1. The highest BCUT2D eigenvalue weighted by atomic mass is 16.5. The number of nitrogens with one attached hydrogen (secondary N) is 1. The van der Waals surface area contributed by atoms with Crippen LogP contribution in [0.25, 0.3) is 0 Å². The maximum Gasteiger partial charge on any atom is 0.275 e. The largest absolute Gasteiger partial charge is 0.496 e. The summed E-state index contributed by atoms with van der Waals surface area (Å²) in [5, 5.41) is 7.30. The fourth-order valence-corrected chi connectivity index (χ4v) is 3.99. The van der Waals surface area contributed by atoms with Crippen molar-refractivity contribution >= 4 is 5.91 Å². The smallest absolute Gasteiger partial charge is 0.275 e. The van der Waals surface area contributed by atoms with Gasteiger partial charge in [-0.25, -0.2) is 4.98 Å². The van der Waals surface area contributed by atoms with Gasteiger partial charge in [0.2, 0.25) is 5.89 Å². The van der Waals surface area contributed by atoms with Gasteiger partial charge in [-0.05, 0) is 31.4 Å². The van der Waals surface area contributed by atoms with Crippen molar-refractivity contribution in [1.82, 2.24) is 20.1 Å². The second kappa shape index (κ2) is 8.57. The Morgan fingerprint density at radius 2 is 2.10 bits per heavy atom. The third-order valence-corrected chi connectivity index (χ3v) is 5.78. The molecule has 3 aromatic rings. The first kappa shape index (κ1) is 21.2. The number of aromatic amines is 1. The number of carbonyl (C=O) groups is 1. The van der Waals surface area contributed by atoms with Crippen LogP contribution in [0.5, 0.6) is 5.75 Å². The number of para-hydroxylation sites is 1. The molecule has 0 spiro atoms. The summed E-state index contributed by atoms with van der Waals surface area (Å²) in [5.74, 6) is 2.08. The van der Waals surface area contributed by atoms with Gasteiger partial charge in [0.05, 0.1) is 13.3 Å². The molecule has 0 radical (unpaired) electrons. The van der Waals surface area contributed by atoms with Gasteiger partial charge in [-0.2, -0.15) is 5.10 Å². The molecule has 1 unspecified atom stereocenters. The Balaban J connectivity index is 1.54. The van der Waals surface area contributed by atoms with Crippen LogP contribution < -0.4 is 4.74 Å². The summed E-state index contributed by atoms with van der Waals surface area (Å²) in [6, 6.07) is 9.55. The Morgan fingerprint density at radius 3 is 2.84 bits per heavy atom. The summed E-state index contributed by atoms with van der Waals surface area (Å²) in [6.07, 6.45) is 5.17. The van der Waals surface area contributed by atoms with E-state index in [0.717, 1.165) is 42.0 Å². The first-order valence-electron chi connectivity index (χ1n) is 10.8. The number of piperidine rings is 1. The van der Waals surface area contributed by atoms with Gasteiger partial charge in [0.15, 0.2) is 0 Å². The standard InChI is InChI=1S/C24H30N4O3/c1-24(2,3)21-14-18(26-27-21)23(29)28-12-8-7-10-19(28)22-25-15-17(31-22)13-16-9-5-6-11-20(16)30-4/h5-6,9,11,14-15,19H,7-8,10,12-13H2,1-4H3,(H,26,27). The molecule has 7 nitrogen and oxygen atoms in total. The minimum Gasteiger partial charge on any atom is -0.496 e. The van der Waals surface area contributed by atoms with E-state index >= 15 is 0 Å². The molecule has 4 rings (SSSR count). The second-order valence-electron chi connectivity index (χ2n) is 9.08. The minimum atomic E-state index is -0.178. The lowest BCUT2D eigenvalue weighted by Gasteiger charge is -2.33. The molecule has 1 fully saturated rings. The summed E-state index contributed by atoms with van der Waals surface area (Å²) in [5.41, 5.74) is 2.33. The van der Waals surface area contributed by atoms with E-state index in [9.17, 15) is 4.79 Å². The number of oxazole rings is 1. The highest BCUT2D eigenvalue weighted by molar-refractivity contribution is 5.92. The molecule has 0 saturated carbocycles. The fraction of sp³-hybridized carbons (Fsp3) is 0.458. The van der Waals surface area contributed by atoms with Crippen molar-refractivity contribution in [2.45, 2.75) is 57.9 Å². The van der Waals surface area contributed by atoms with Crippen LogP contribution >= 0.6 is 0 Å². The number of nitrogens with zero attached hydrogens (tertiary/aromatic N) is 3. The number of hydrogen-bond acceptors (Lipinski definition) is 5. The Bertz CT molecular complexity index is 1050. The monoisotopic (exact) mass is 422 g/mol. The van der Waals surface area contributed by atoms with Gasteiger partial charge < -0.3 is 14.1 Å². The Hall–Kier alpha value is -3.09. The van der Waals surface area contributed by atoms with E-state index in [1.54, 1.807) is 13.3 Å². The van der Waals surface area contributed by atoms with E-state index in [1.807, 2.05) is 35.2 Å². The number of ether oxygens (including phenoxy) is 1. The quantitative estimate of drug-likeness (QED) is 0.646. The van der Waals surface area contributed by atoms with Gasteiger partial charge >= 0.3 is 0 Å². The van der Waals surface area contributed by atoms with Crippen molar-refractivity contribution in [3.63, 3.8) is 0 Å². The first-order valence-corrected chi connectivity index (χ1v) is 10.8. The van der Waals surface area contributed by atoms with Crippen LogP contribution in [0.1, 0.15) is 79.5 Å². The van der Waals surface area contributed by atoms with E-state index in [-0.39, 0.29) is 17.4 Å². The van der Waals surface area contributed by atoms with Crippen molar-refractivity contribution in [2.75, 3.05) is 13.7 Å². The third-order valence-electron chi connectivity index (χ3n) is 5.78. The molecule has 2 aromatic heterocycles. The van der Waals surface area contributed by atoms with Gasteiger partial charge in [-0.1, -0.05) is 39.0 Å². The van der Waals surface area contributed by atoms with Crippen LogP contribution in [-0.4, -0.2) is 39.6 Å². The minimum absolute atomic E-state index is 0.0825. The molecule has 1 atom stereocenters. The molecular weight excluding hydrogens is 392 g/mol. The number of benzene rings is 1. The van der Waals surface area contributed by atoms with Gasteiger partial charge in [-0.15, -0.1) is 0 Å². The Kier molecular flexibility index (Phi) is 5.85. The van der Waals surface area contributed by atoms with Crippen molar-refractivity contribution in [1.29, 1.82) is 0 Å². The van der Waals surface area contributed by atoms with E-state index in [0.29, 0.717) is 24.6 Å². The highest BCUT2D eigenvalue weighted by Crippen LogP contribution is 2.33. The Labute approximate surface area is 182 Å². The average molecular weight is 423 g/mol. The molecule has 7 heteroatoms. The number of rotatable bonds is 5. The van der Waals surface area contributed by atoms with E-state index in [2.05, 4.69) is 36.0 Å². The van der Waals surface area contributed by atoms with Gasteiger partial charge in [0.1, 0.15) is 23.2 Å². The third kappa shape index (κ3) is 4.50. The van der Waals surface area contributed by atoms with Crippen LogP contribution in [0.15, 0.2) is 40.9 Å². The van der Waals surface area contributed by atoms with Crippen molar-refractivity contribution in [3.05, 3.63) is 65.1 Å². The fourth-order valence-electron chi connectivity index (χ4n) is 3.99. The SMILES string of the molecule is COc1ccccc1Cc1cnc(C2CCCCN2C(=O)c2cc(C(C)(C)C)[nH]n2)o1. The molecule has 164 valence electrons. The van der Waals surface area contributed by atoms with Crippen LogP contribution in [0.2, 0.25) is 0 Å². The molecule has 1 aromatic carbocycles. The van der Waals surface area contributed by atoms with Gasteiger partial charge in [0.25, 0.3) is 5.91 Å². The van der Waals surface area contributed by atoms with E-state index in [4.69, 9.17) is 9.15 Å². The lowest BCUT2D eigenvalue weighted by Crippen LogP contribution is -2.38. The molecule has 1 amide bonds. The van der Waals surface area contributed by atoms with Crippen molar-refractivity contribution < 1.29 is 13.9 Å². The summed E-state index contributed by atoms with van der Waals surface area (Å²) < 4.78 is 11.6. The molecule has 3 heterocycles. The van der Waals surface area contributed by atoms with Crippen molar-refractivity contribution in [2.24, 2.45) is 0 Å². The average Bonchev–Trinajstić information content (AvgIpc) is 3.43. The van der Waals surface area contributed by atoms with Crippen LogP contribution in [0.3, 0.4) is 0 Å². The van der Waals surface area contributed by atoms with E-state index < -0.39 is 0 Å². The number of aromatic nitrogens is 3. The molecule has 1 aliphatic heterocycles. The summed E-state index contributed by atoms with van der Waals surface area (Å²) >= 11 is 0. The number of amides is 1. The summed E-state index contributed by atoms with van der Waals surface area (Å²) in [7, 11) is 1.66. The molecule has 1 N–H and O–H groups in total. The van der Waals surface area contributed by atoms with Gasteiger partial charge in [-0.3, -0.25) is 9.89 Å². The van der Waals surface area contributed by atoms with Crippen LogP contribution in [0.4, 0.5) is 0 Å². The molecule has 31 heavy (non-hydrogen) atoms. The number of hydrogen-bond donors (Lipinski definition) is 1. The predicted octanol–water partition coefficient (Wildman–Crippen LogP) is 4.66. The van der Waals surface area contributed by atoms with Gasteiger partial charge in [0, 0.05) is 29.6 Å². The lowest BCUT2D eigenvalue weighted by molar-refractivity contribution is 0.0564. The van der Waals surface area contributed by atoms with E-state index in [1.165, 1.54) is 0 Å². The zero-order valence-corrected chi connectivity index (χ0v) is 18.6. The maximum absolute atomic E-state index is 13.3. The van der Waals surface area contributed by atoms with Crippen LogP contribution in [-0.2, 0) is 11.8 Å². The van der Waals surface area contributed by atoms with Crippen molar-refractivity contribution in [3.8, 4) is 5.75 Å².